The van der Waals surface area contributed by atoms with Crippen LogP contribution in [0.4, 0.5) is 5.69 Å². The van der Waals surface area contributed by atoms with E-state index in [4.69, 9.17) is 0 Å². The summed E-state index contributed by atoms with van der Waals surface area (Å²) in [5.41, 5.74) is 2.30. The summed E-state index contributed by atoms with van der Waals surface area (Å²) in [4.78, 5) is 62.7. The Kier molecular flexibility index (Phi) is 6.68. The lowest BCUT2D eigenvalue weighted by molar-refractivity contribution is -0.139. The van der Waals surface area contributed by atoms with Crippen molar-refractivity contribution in [3.05, 3.63) is 101 Å². The van der Waals surface area contributed by atoms with Crippen molar-refractivity contribution in [3.8, 4) is 0 Å². The van der Waals surface area contributed by atoms with Gasteiger partial charge in [-0.1, -0.05) is 30.3 Å². The molecule has 0 unspecified atom stereocenters. The average Bonchev–Trinajstić information content (AvgIpc) is 3.12. The number of ether oxygens (including phenoxy) is 1. The van der Waals surface area contributed by atoms with E-state index >= 15 is 0 Å². The van der Waals surface area contributed by atoms with Gasteiger partial charge in [0.1, 0.15) is 6.54 Å². The summed E-state index contributed by atoms with van der Waals surface area (Å²) < 4.78 is 4.49. The van der Waals surface area contributed by atoms with E-state index in [1.165, 1.54) is 13.2 Å². The van der Waals surface area contributed by atoms with Crippen molar-refractivity contribution in [2.75, 3.05) is 19.0 Å². The lowest BCUT2D eigenvalue weighted by Gasteiger charge is -2.14. The smallest absolute Gasteiger partial charge is 0.325 e. The van der Waals surface area contributed by atoms with Gasteiger partial charge in [0.15, 0.2) is 0 Å². The molecule has 0 saturated heterocycles. The van der Waals surface area contributed by atoms with Gasteiger partial charge in [0, 0.05) is 16.8 Å². The van der Waals surface area contributed by atoms with Crippen LogP contribution in [0.2, 0.25) is 0 Å². The first-order chi connectivity index (χ1) is 16.9. The van der Waals surface area contributed by atoms with E-state index in [1.807, 2.05) is 0 Å². The summed E-state index contributed by atoms with van der Waals surface area (Å²) in [6.45, 7) is -0.241. The molecule has 1 aliphatic heterocycles. The summed E-state index contributed by atoms with van der Waals surface area (Å²) in [6, 6.07) is 19.5. The Labute approximate surface area is 200 Å². The lowest BCUT2D eigenvalue weighted by Crippen LogP contribution is -2.30. The van der Waals surface area contributed by atoms with E-state index in [1.54, 1.807) is 66.7 Å². The number of esters is 1. The minimum absolute atomic E-state index is 0.0311. The van der Waals surface area contributed by atoms with Gasteiger partial charge in [0.05, 0.1) is 24.8 Å². The highest BCUT2D eigenvalue weighted by molar-refractivity contribution is 6.21. The van der Waals surface area contributed by atoms with Crippen molar-refractivity contribution >= 4 is 35.3 Å². The topological polar surface area (TPSA) is 122 Å². The zero-order valence-corrected chi connectivity index (χ0v) is 18.7. The van der Waals surface area contributed by atoms with E-state index in [-0.39, 0.29) is 30.5 Å². The highest BCUT2D eigenvalue weighted by Crippen LogP contribution is 2.24. The fraction of sp³-hybridized carbons (Fsp3) is 0.115. The number of carbonyl (C=O) groups is 5. The summed E-state index contributed by atoms with van der Waals surface area (Å²) in [5, 5.41) is 5.16. The van der Waals surface area contributed by atoms with Crippen molar-refractivity contribution in [1.29, 1.82) is 0 Å². The van der Waals surface area contributed by atoms with Gasteiger partial charge >= 0.3 is 5.97 Å². The van der Waals surface area contributed by atoms with Crippen LogP contribution in [-0.4, -0.2) is 48.2 Å². The number of nitrogens with zero attached hydrogens (tertiary/aromatic N) is 1. The van der Waals surface area contributed by atoms with Crippen LogP contribution < -0.4 is 10.6 Å². The molecule has 0 radical (unpaired) electrons. The monoisotopic (exact) mass is 471 g/mol. The Morgan fingerprint density at radius 1 is 0.800 bits per heavy atom. The van der Waals surface area contributed by atoms with Crippen LogP contribution in [0.5, 0.6) is 0 Å². The normalized spacial score (nSPS) is 12.2. The molecule has 0 fully saturated rings. The molecule has 2 N–H and O–H groups in total. The molecular weight excluding hydrogens is 450 g/mol. The first-order valence-electron chi connectivity index (χ1n) is 10.7. The first kappa shape index (κ1) is 23.4. The van der Waals surface area contributed by atoms with Gasteiger partial charge in [-0.05, 0) is 48.0 Å². The van der Waals surface area contributed by atoms with E-state index < -0.39 is 17.8 Å². The molecular formula is C26H21N3O6. The largest absolute Gasteiger partial charge is 0.468 e. The van der Waals surface area contributed by atoms with E-state index in [9.17, 15) is 24.0 Å². The molecule has 0 aromatic heterocycles. The Morgan fingerprint density at radius 2 is 1.43 bits per heavy atom. The fourth-order valence-electron chi connectivity index (χ4n) is 3.64. The number of hydrogen-bond donors (Lipinski definition) is 2. The van der Waals surface area contributed by atoms with Gasteiger partial charge in [-0.25, -0.2) is 0 Å². The minimum atomic E-state index is -0.580. The maximum Gasteiger partial charge on any atom is 0.325 e. The number of anilines is 1. The molecule has 0 atom stereocenters. The van der Waals surface area contributed by atoms with Crippen molar-refractivity contribution in [3.63, 3.8) is 0 Å². The van der Waals surface area contributed by atoms with Crippen LogP contribution in [0.15, 0.2) is 72.8 Å². The maximum atomic E-state index is 12.8. The van der Waals surface area contributed by atoms with Crippen molar-refractivity contribution < 1.29 is 28.7 Å². The summed E-state index contributed by atoms with van der Waals surface area (Å²) in [5.74, 6) is -2.25. The standard InChI is InChI=1S/C26H21N3O6/c1-35-22(30)14-27-23(31)18-8-5-9-19(13-18)28-24(32)17-7-4-6-16(12-17)15-29-25(33)20-10-2-3-11-21(20)26(29)34/h2-13H,14-15H2,1H3,(H,27,31)(H,28,32). The molecule has 35 heavy (non-hydrogen) atoms. The van der Waals surface area contributed by atoms with Gasteiger partial charge < -0.3 is 15.4 Å². The number of hydrogen-bond acceptors (Lipinski definition) is 6. The Morgan fingerprint density at radius 3 is 2.09 bits per heavy atom. The molecule has 9 nitrogen and oxygen atoms in total. The molecule has 0 spiro atoms. The summed E-state index contributed by atoms with van der Waals surface area (Å²) in [6.07, 6.45) is 0. The van der Waals surface area contributed by atoms with E-state index in [2.05, 4.69) is 15.4 Å². The molecule has 9 heteroatoms. The van der Waals surface area contributed by atoms with Crippen molar-refractivity contribution in [2.24, 2.45) is 0 Å². The molecule has 0 aliphatic carbocycles. The van der Waals surface area contributed by atoms with Crippen molar-refractivity contribution in [2.45, 2.75) is 6.54 Å². The van der Waals surface area contributed by atoms with E-state index in [0.29, 0.717) is 27.9 Å². The first-order valence-corrected chi connectivity index (χ1v) is 10.7. The number of carbonyl (C=O) groups excluding carboxylic acids is 5. The summed E-state index contributed by atoms with van der Waals surface area (Å²) in [7, 11) is 1.22. The lowest BCUT2D eigenvalue weighted by atomic mass is 10.1. The van der Waals surface area contributed by atoms with Crippen LogP contribution in [-0.2, 0) is 16.1 Å². The number of benzene rings is 3. The zero-order valence-electron chi connectivity index (χ0n) is 18.7. The number of methoxy groups -OCH3 is 1. The molecule has 4 rings (SSSR count). The number of rotatable bonds is 7. The van der Waals surface area contributed by atoms with Crippen LogP contribution in [0.1, 0.15) is 47.0 Å². The summed E-state index contributed by atoms with van der Waals surface area (Å²) >= 11 is 0. The molecule has 0 saturated carbocycles. The Bertz CT molecular complexity index is 1320. The third-order valence-electron chi connectivity index (χ3n) is 5.41. The second kappa shape index (κ2) is 10.0. The van der Waals surface area contributed by atoms with Crippen LogP contribution >= 0.6 is 0 Å². The minimum Gasteiger partial charge on any atom is -0.468 e. The number of amides is 4. The molecule has 3 aromatic rings. The number of fused-ring (bicyclic) bond motifs is 1. The quantitative estimate of drug-likeness (QED) is 0.404. The third-order valence-corrected chi connectivity index (χ3v) is 5.41. The molecule has 1 aliphatic rings. The highest BCUT2D eigenvalue weighted by Gasteiger charge is 2.35. The average molecular weight is 471 g/mol. The fourth-order valence-corrected chi connectivity index (χ4v) is 3.64. The van der Waals surface area contributed by atoms with Crippen molar-refractivity contribution in [1.82, 2.24) is 10.2 Å². The van der Waals surface area contributed by atoms with Gasteiger partial charge in [0.2, 0.25) is 0 Å². The maximum absolute atomic E-state index is 12.8. The van der Waals surface area contributed by atoms with Crippen LogP contribution in [0.25, 0.3) is 0 Å². The zero-order chi connectivity index (χ0) is 24.9. The SMILES string of the molecule is COC(=O)CNC(=O)c1cccc(NC(=O)c2cccc(CN3C(=O)c4ccccc4C3=O)c2)c1. The van der Waals surface area contributed by atoms with Crippen LogP contribution in [0, 0.1) is 0 Å². The van der Waals surface area contributed by atoms with Gasteiger partial charge in [0.25, 0.3) is 23.6 Å². The second-order valence-electron chi connectivity index (χ2n) is 7.74. The third kappa shape index (κ3) is 5.09. The number of nitrogens with one attached hydrogen (secondary N) is 2. The molecule has 3 aromatic carbocycles. The van der Waals surface area contributed by atoms with Gasteiger partial charge in [-0.15, -0.1) is 0 Å². The molecule has 4 amide bonds. The van der Waals surface area contributed by atoms with Gasteiger partial charge in [-0.3, -0.25) is 28.9 Å². The number of imide groups is 1. The second-order valence-corrected chi connectivity index (χ2v) is 7.74. The Balaban J connectivity index is 1.44. The van der Waals surface area contributed by atoms with E-state index in [0.717, 1.165) is 4.90 Å². The Hall–Kier alpha value is -4.79. The van der Waals surface area contributed by atoms with Gasteiger partial charge in [-0.2, -0.15) is 0 Å². The van der Waals surface area contributed by atoms with Crippen LogP contribution in [0.3, 0.4) is 0 Å². The molecule has 0 bridgehead atoms. The predicted molar refractivity (Wildman–Crippen MR) is 126 cm³/mol. The molecule has 1 heterocycles. The predicted octanol–water partition coefficient (Wildman–Crippen LogP) is 2.64. The highest BCUT2D eigenvalue weighted by atomic mass is 16.5. The molecule has 176 valence electrons.